The van der Waals surface area contributed by atoms with Gasteiger partial charge in [0.2, 0.25) is 0 Å². The number of ether oxygens (including phenoxy) is 2. The first-order valence-corrected chi connectivity index (χ1v) is 9.21. The van der Waals surface area contributed by atoms with Gasteiger partial charge < -0.3 is 19.9 Å². The van der Waals surface area contributed by atoms with Crippen LogP contribution in [0.4, 0.5) is 4.79 Å². The van der Waals surface area contributed by atoms with Crippen molar-refractivity contribution in [1.82, 2.24) is 5.32 Å². The number of aliphatic hydroxyl groups is 1. The maximum absolute atomic E-state index is 12.3. The van der Waals surface area contributed by atoms with Crippen LogP contribution in [-0.4, -0.2) is 41.5 Å². The Labute approximate surface area is 148 Å². The Bertz CT molecular complexity index is 613. The number of rotatable bonds is 2. The largest absolute Gasteiger partial charge is 0.462 e. The average Bonchev–Trinajstić information content (AvgIpc) is 2.80. The molecule has 1 amide bonds. The van der Waals surface area contributed by atoms with Crippen LogP contribution in [0.1, 0.15) is 47.5 Å². The van der Waals surface area contributed by atoms with E-state index in [0.29, 0.717) is 19.4 Å². The number of hydrogen-bond acceptors (Lipinski definition) is 5. The van der Waals surface area contributed by atoms with Gasteiger partial charge in [-0.1, -0.05) is 26.8 Å². The first-order chi connectivity index (χ1) is 11.6. The Balaban J connectivity index is 1.96. The molecule has 1 saturated heterocycles. The van der Waals surface area contributed by atoms with Crippen LogP contribution in [0.2, 0.25) is 0 Å². The smallest absolute Gasteiger partial charge is 0.407 e. The summed E-state index contributed by atoms with van der Waals surface area (Å²) >= 11 is 0. The molecule has 2 fully saturated rings. The normalized spacial score (nSPS) is 41.9. The van der Waals surface area contributed by atoms with Gasteiger partial charge in [0.25, 0.3) is 0 Å². The van der Waals surface area contributed by atoms with Gasteiger partial charge in [0, 0.05) is 17.4 Å². The highest BCUT2D eigenvalue weighted by Crippen LogP contribution is 2.56. The molecule has 2 N–H and O–H groups in total. The van der Waals surface area contributed by atoms with E-state index in [2.05, 4.69) is 5.32 Å². The maximum atomic E-state index is 12.3. The van der Waals surface area contributed by atoms with Crippen LogP contribution in [0.5, 0.6) is 0 Å². The summed E-state index contributed by atoms with van der Waals surface area (Å²) in [6.07, 6.45) is 2.49. The molecule has 0 unspecified atom stereocenters. The zero-order valence-electron chi connectivity index (χ0n) is 15.7. The molecular formula is C19H29NO5. The highest BCUT2D eigenvalue weighted by Gasteiger charge is 2.60. The molecule has 0 spiro atoms. The summed E-state index contributed by atoms with van der Waals surface area (Å²) in [7, 11) is 0. The number of nitrogens with one attached hydrogen (secondary N) is 1. The van der Waals surface area contributed by atoms with E-state index in [-0.39, 0.29) is 35.9 Å². The standard InChI is InChI=1S/C19H29NO5/c1-6-24-17(22)20-14-7-8-19(23)10(2)15-11(3)25-16(21)12(15)9-13(19)18(14,4)5/h9-12,14-15,23H,6-8H2,1-5H3,(H,20,22)/t10-,11-,12-,14-,15-,19-/m1/s1. The van der Waals surface area contributed by atoms with Crippen LogP contribution in [0.3, 0.4) is 0 Å². The molecular weight excluding hydrogens is 322 g/mol. The van der Waals surface area contributed by atoms with Crippen molar-refractivity contribution in [3.8, 4) is 0 Å². The van der Waals surface area contributed by atoms with Gasteiger partial charge in [-0.05, 0) is 38.2 Å². The second kappa shape index (κ2) is 6.01. The van der Waals surface area contributed by atoms with Crippen molar-refractivity contribution in [3.05, 3.63) is 11.6 Å². The van der Waals surface area contributed by atoms with E-state index in [1.807, 2.05) is 33.8 Å². The van der Waals surface area contributed by atoms with Crippen molar-refractivity contribution in [1.29, 1.82) is 0 Å². The molecule has 25 heavy (non-hydrogen) atoms. The molecule has 0 bridgehead atoms. The minimum atomic E-state index is -0.972. The SMILES string of the molecule is CCOC(=O)N[C@@H]1CC[C@]2(O)C(=C[C@H]3C(=O)O[C@H](C)[C@H]3[C@H]2C)C1(C)C. The average molecular weight is 351 g/mol. The molecule has 1 aliphatic heterocycles. The topological polar surface area (TPSA) is 84.9 Å². The molecule has 2 aliphatic carbocycles. The summed E-state index contributed by atoms with van der Waals surface area (Å²) in [5.41, 5.74) is -0.613. The van der Waals surface area contributed by atoms with Crippen LogP contribution in [-0.2, 0) is 14.3 Å². The predicted molar refractivity (Wildman–Crippen MR) is 91.7 cm³/mol. The summed E-state index contributed by atoms with van der Waals surface area (Å²) in [6, 6.07) is -0.156. The molecule has 6 heteroatoms. The first-order valence-electron chi connectivity index (χ1n) is 9.21. The fourth-order valence-electron chi connectivity index (χ4n) is 5.19. The van der Waals surface area contributed by atoms with E-state index in [4.69, 9.17) is 9.47 Å². The van der Waals surface area contributed by atoms with Crippen molar-refractivity contribution in [2.45, 2.75) is 65.2 Å². The number of amides is 1. The molecule has 3 aliphatic rings. The fraction of sp³-hybridized carbons (Fsp3) is 0.789. The van der Waals surface area contributed by atoms with Gasteiger partial charge in [-0.2, -0.15) is 0 Å². The van der Waals surface area contributed by atoms with Crippen LogP contribution in [0.15, 0.2) is 11.6 Å². The number of carbonyl (C=O) groups excluding carboxylic acids is 2. The highest BCUT2D eigenvalue weighted by molar-refractivity contribution is 5.78. The predicted octanol–water partition coefficient (Wildman–Crippen LogP) is 2.41. The zero-order valence-corrected chi connectivity index (χ0v) is 15.7. The first kappa shape index (κ1) is 18.2. The number of esters is 1. The lowest BCUT2D eigenvalue weighted by Gasteiger charge is -2.55. The lowest BCUT2D eigenvalue weighted by atomic mass is 9.53. The molecule has 6 atom stereocenters. The highest BCUT2D eigenvalue weighted by atomic mass is 16.6. The Kier molecular flexibility index (Phi) is 4.38. The summed E-state index contributed by atoms with van der Waals surface area (Å²) in [5.74, 6) is -0.621. The van der Waals surface area contributed by atoms with Crippen molar-refractivity contribution < 1.29 is 24.2 Å². The van der Waals surface area contributed by atoms with Gasteiger partial charge in [0.15, 0.2) is 0 Å². The van der Waals surface area contributed by atoms with E-state index in [1.54, 1.807) is 6.92 Å². The molecule has 0 aromatic heterocycles. The number of hydrogen-bond donors (Lipinski definition) is 2. The van der Waals surface area contributed by atoms with E-state index >= 15 is 0 Å². The Morgan fingerprint density at radius 3 is 2.76 bits per heavy atom. The summed E-state index contributed by atoms with van der Waals surface area (Å²) in [6.45, 7) is 10.0. The second-order valence-electron chi connectivity index (χ2n) is 8.22. The van der Waals surface area contributed by atoms with Gasteiger partial charge >= 0.3 is 12.1 Å². The van der Waals surface area contributed by atoms with E-state index in [0.717, 1.165) is 5.57 Å². The lowest BCUT2D eigenvalue weighted by Crippen LogP contribution is -2.60. The van der Waals surface area contributed by atoms with E-state index in [1.165, 1.54) is 0 Å². The fourth-order valence-corrected chi connectivity index (χ4v) is 5.19. The Morgan fingerprint density at radius 1 is 1.44 bits per heavy atom. The Hall–Kier alpha value is -1.56. The van der Waals surface area contributed by atoms with Crippen molar-refractivity contribution in [2.75, 3.05) is 6.61 Å². The lowest BCUT2D eigenvalue weighted by molar-refractivity contribution is -0.142. The molecule has 3 rings (SSSR count). The van der Waals surface area contributed by atoms with Crippen molar-refractivity contribution in [2.24, 2.45) is 23.2 Å². The summed E-state index contributed by atoms with van der Waals surface area (Å²) < 4.78 is 10.5. The quantitative estimate of drug-likeness (QED) is 0.589. The number of cyclic esters (lactones) is 1. The Morgan fingerprint density at radius 2 is 2.12 bits per heavy atom. The van der Waals surface area contributed by atoms with E-state index < -0.39 is 17.1 Å². The van der Waals surface area contributed by atoms with E-state index in [9.17, 15) is 14.7 Å². The maximum Gasteiger partial charge on any atom is 0.407 e. The third-order valence-corrected chi connectivity index (χ3v) is 6.62. The van der Waals surface area contributed by atoms with Crippen molar-refractivity contribution >= 4 is 12.1 Å². The number of carbonyl (C=O) groups is 2. The van der Waals surface area contributed by atoms with Crippen LogP contribution in [0, 0.1) is 23.2 Å². The third-order valence-electron chi connectivity index (χ3n) is 6.62. The monoisotopic (exact) mass is 351 g/mol. The molecule has 140 valence electrons. The second-order valence-corrected chi connectivity index (χ2v) is 8.22. The van der Waals surface area contributed by atoms with Gasteiger partial charge in [-0.3, -0.25) is 4.79 Å². The molecule has 1 heterocycles. The van der Waals surface area contributed by atoms with Crippen LogP contribution in [0.25, 0.3) is 0 Å². The molecule has 0 aromatic rings. The van der Waals surface area contributed by atoms with Crippen LogP contribution >= 0.6 is 0 Å². The molecule has 0 aromatic carbocycles. The number of fused-ring (bicyclic) bond motifs is 2. The van der Waals surface area contributed by atoms with Gasteiger partial charge in [0.1, 0.15) is 6.10 Å². The molecule has 0 radical (unpaired) electrons. The minimum absolute atomic E-state index is 0.00776. The molecule has 6 nitrogen and oxygen atoms in total. The summed E-state index contributed by atoms with van der Waals surface area (Å²) in [5, 5.41) is 14.4. The number of alkyl carbamates (subject to hydrolysis) is 1. The summed E-state index contributed by atoms with van der Waals surface area (Å²) in [4.78, 5) is 24.2. The van der Waals surface area contributed by atoms with Gasteiger partial charge in [-0.15, -0.1) is 0 Å². The van der Waals surface area contributed by atoms with Gasteiger partial charge in [-0.25, -0.2) is 4.79 Å². The van der Waals surface area contributed by atoms with Crippen molar-refractivity contribution in [3.63, 3.8) is 0 Å². The third kappa shape index (κ3) is 2.65. The minimum Gasteiger partial charge on any atom is -0.462 e. The zero-order chi connectivity index (χ0) is 18.6. The van der Waals surface area contributed by atoms with Gasteiger partial charge in [0.05, 0.1) is 18.1 Å². The molecule has 1 saturated carbocycles. The van der Waals surface area contributed by atoms with Crippen LogP contribution < -0.4 is 5.32 Å².